The highest BCUT2D eigenvalue weighted by Gasteiger charge is 2.34. The van der Waals surface area contributed by atoms with Crippen molar-refractivity contribution in [3.63, 3.8) is 0 Å². The first-order valence-corrected chi connectivity index (χ1v) is 10.8. The molecule has 0 radical (unpaired) electrons. The Morgan fingerprint density at radius 3 is 1.77 bits per heavy atom. The maximum absolute atomic E-state index is 12.7. The Morgan fingerprint density at radius 2 is 1.23 bits per heavy atom. The zero-order valence-electron chi connectivity index (χ0n) is 17.3. The fraction of sp³-hybridized carbons (Fsp3) is 0.296. The van der Waals surface area contributed by atoms with E-state index in [2.05, 4.69) is 65.6 Å². The number of hydrogen-bond donors (Lipinski definition) is 0. The number of esters is 1. The van der Waals surface area contributed by atoms with Crippen molar-refractivity contribution in [1.29, 1.82) is 0 Å². The van der Waals surface area contributed by atoms with Gasteiger partial charge in [0, 0.05) is 19.1 Å². The van der Waals surface area contributed by atoms with E-state index in [0.717, 1.165) is 37.9 Å². The van der Waals surface area contributed by atoms with E-state index in [0.29, 0.717) is 12.6 Å². The van der Waals surface area contributed by atoms with Crippen molar-refractivity contribution in [2.75, 3.05) is 0 Å². The van der Waals surface area contributed by atoms with E-state index in [1.165, 1.54) is 11.1 Å². The second-order valence-electron chi connectivity index (χ2n) is 8.13. The molecule has 1 fully saturated rings. The molecule has 0 unspecified atom stereocenters. The molecule has 0 heterocycles. The second-order valence-corrected chi connectivity index (χ2v) is 8.13. The minimum absolute atomic E-state index is 0.00670. The Balaban J connectivity index is 1.39. The van der Waals surface area contributed by atoms with Crippen LogP contribution in [0, 0.1) is 5.92 Å². The van der Waals surface area contributed by atoms with E-state index >= 15 is 0 Å². The molecule has 0 bridgehead atoms. The molecule has 4 rings (SSSR count). The fourth-order valence-electron chi connectivity index (χ4n) is 4.30. The van der Waals surface area contributed by atoms with E-state index < -0.39 is 0 Å². The molecule has 1 saturated carbocycles. The molecule has 0 amide bonds. The summed E-state index contributed by atoms with van der Waals surface area (Å²) in [5.41, 5.74) is 3.65. The Kier molecular flexibility index (Phi) is 6.94. The second kappa shape index (κ2) is 10.2. The van der Waals surface area contributed by atoms with Crippen LogP contribution in [0.25, 0.3) is 0 Å². The summed E-state index contributed by atoms with van der Waals surface area (Å²) in [5.74, 6) is -0.0616. The summed E-state index contributed by atoms with van der Waals surface area (Å²) in [6.07, 6.45) is 2.80. The minimum atomic E-state index is -0.0549. The van der Waals surface area contributed by atoms with Crippen LogP contribution >= 0.6 is 0 Å². The Bertz CT molecular complexity index is 870. The molecule has 3 aromatic carbocycles. The summed E-state index contributed by atoms with van der Waals surface area (Å²) in [7, 11) is 0. The number of ether oxygens (including phenoxy) is 1. The molecule has 3 nitrogen and oxygen atoms in total. The van der Waals surface area contributed by atoms with Crippen LogP contribution in [0.2, 0.25) is 0 Å². The van der Waals surface area contributed by atoms with Gasteiger partial charge in [0.1, 0.15) is 6.61 Å². The summed E-state index contributed by atoms with van der Waals surface area (Å²) >= 11 is 0. The summed E-state index contributed by atoms with van der Waals surface area (Å²) in [6.45, 7) is 2.15. The molecule has 0 N–H and O–H groups in total. The summed E-state index contributed by atoms with van der Waals surface area (Å²) in [5, 5.41) is 0. The fourth-order valence-corrected chi connectivity index (χ4v) is 4.30. The monoisotopic (exact) mass is 399 g/mol. The van der Waals surface area contributed by atoms with Crippen LogP contribution < -0.4 is 0 Å². The van der Waals surface area contributed by atoms with Crippen molar-refractivity contribution in [3.8, 4) is 0 Å². The van der Waals surface area contributed by atoms with Crippen molar-refractivity contribution in [3.05, 3.63) is 108 Å². The van der Waals surface area contributed by atoms with E-state index in [1.807, 2.05) is 30.3 Å². The third-order valence-electron chi connectivity index (χ3n) is 5.94. The van der Waals surface area contributed by atoms with Gasteiger partial charge in [-0.15, -0.1) is 0 Å². The van der Waals surface area contributed by atoms with Gasteiger partial charge < -0.3 is 4.74 Å². The molecular weight excluding hydrogens is 370 g/mol. The van der Waals surface area contributed by atoms with Gasteiger partial charge >= 0.3 is 5.97 Å². The number of carbonyl (C=O) groups is 1. The standard InChI is InChI=1S/C27H29NO2/c29-27(30-21-24-14-8-3-9-15-24)25-16-17-26(18-25)28(19-22-10-4-1-5-11-22)20-23-12-6-2-7-13-23/h1-15,25-26H,16-21H2/t25-,26-/m0/s1. The van der Waals surface area contributed by atoms with Crippen molar-refractivity contribution in [2.24, 2.45) is 5.92 Å². The molecule has 0 aromatic heterocycles. The summed E-state index contributed by atoms with van der Waals surface area (Å²) < 4.78 is 5.62. The van der Waals surface area contributed by atoms with Crippen LogP contribution in [-0.2, 0) is 29.2 Å². The van der Waals surface area contributed by atoms with Crippen LogP contribution in [-0.4, -0.2) is 16.9 Å². The van der Waals surface area contributed by atoms with Crippen LogP contribution in [0.15, 0.2) is 91.0 Å². The Labute approximate surface area is 179 Å². The summed E-state index contributed by atoms with van der Waals surface area (Å²) in [4.78, 5) is 15.2. The van der Waals surface area contributed by atoms with Gasteiger partial charge in [0.25, 0.3) is 0 Å². The Hall–Kier alpha value is -2.91. The van der Waals surface area contributed by atoms with E-state index in [4.69, 9.17) is 4.74 Å². The smallest absolute Gasteiger partial charge is 0.309 e. The molecule has 2 atom stereocenters. The lowest BCUT2D eigenvalue weighted by atomic mass is 10.1. The van der Waals surface area contributed by atoms with Crippen molar-refractivity contribution >= 4 is 5.97 Å². The summed E-state index contributed by atoms with van der Waals surface area (Å²) in [6, 6.07) is 31.5. The molecule has 0 saturated heterocycles. The molecular formula is C27H29NO2. The first-order valence-electron chi connectivity index (χ1n) is 10.8. The molecule has 3 aromatic rings. The number of hydrogen-bond acceptors (Lipinski definition) is 3. The average Bonchev–Trinajstić information content (AvgIpc) is 3.30. The van der Waals surface area contributed by atoms with Crippen LogP contribution in [0.5, 0.6) is 0 Å². The van der Waals surface area contributed by atoms with Crippen molar-refractivity contribution in [1.82, 2.24) is 4.90 Å². The third-order valence-corrected chi connectivity index (χ3v) is 5.94. The zero-order valence-corrected chi connectivity index (χ0v) is 17.3. The lowest BCUT2D eigenvalue weighted by Gasteiger charge is -2.29. The first kappa shape index (κ1) is 20.4. The SMILES string of the molecule is O=C(OCc1ccccc1)[C@H]1CC[C@H](N(Cc2ccccc2)Cc2ccccc2)C1. The first-order chi connectivity index (χ1) is 14.8. The van der Waals surface area contributed by atoms with E-state index in [-0.39, 0.29) is 11.9 Å². The molecule has 0 spiro atoms. The largest absolute Gasteiger partial charge is 0.461 e. The lowest BCUT2D eigenvalue weighted by molar-refractivity contribution is -0.149. The maximum atomic E-state index is 12.7. The van der Waals surface area contributed by atoms with Gasteiger partial charge in [-0.3, -0.25) is 9.69 Å². The topological polar surface area (TPSA) is 29.5 Å². The average molecular weight is 400 g/mol. The van der Waals surface area contributed by atoms with Crippen molar-refractivity contribution in [2.45, 2.75) is 45.0 Å². The number of rotatable bonds is 8. The molecule has 30 heavy (non-hydrogen) atoms. The highest BCUT2D eigenvalue weighted by molar-refractivity contribution is 5.72. The van der Waals surface area contributed by atoms with Gasteiger partial charge in [-0.05, 0) is 36.0 Å². The quantitative estimate of drug-likeness (QED) is 0.462. The molecule has 3 heteroatoms. The lowest BCUT2D eigenvalue weighted by Crippen LogP contribution is -2.33. The molecule has 1 aliphatic carbocycles. The highest BCUT2D eigenvalue weighted by atomic mass is 16.5. The molecule has 1 aliphatic rings. The predicted octanol–water partition coefficient (Wildman–Crippen LogP) is 5.60. The Morgan fingerprint density at radius 1 is 0.733 bits per heavy atom. The van der Waals surface area contributed by atoms with Crippen LogP contribution in [0.3, 0.4) is 0 Å². The number of carbonyl (C=O) groups excluding carboxylic acids is 1. The van der Waals surface area contributed by atoms with Crippen LogP contribution in [0.1, 0.15) is 36.0 Å². The maximum Gasteiger partial charge on any atom is 0.309 e. The number of benzene rings is 3. The highest BCUT2D eigenvalue weighted by Crippen LogP contribution is 2.32. The van der Waals surface area contributed by atoms with Gasteiger partial charge in [0.15, 0.2) is 0 Å². The van der Waals surface area contributed by atoms with Gasteiger partial charge in [-0.25, -0.2) is 0 Å². The van der Waals surface area contributed by atoms with E-state index in [9.17, 15) is 4.79 Å². The zero-order chi connectivity index (χ0) is 20.6. The number of nitrogens with zero attached hydrogens (tertiary/aromatic N) is 1. The molecule has 154 valence electrons. The molecule has 0 aliphatic heterocycles. The van der Waals surface area contributed by atoms with Crippen molar-refractivity contribution < 1.29 is 9.53 Å². The van der Waals surface area contributed by atoms with Gasteiger partial charge in [-0.2, -0.15) is 0 Å². The van der Waals surface area contributed by atoms with Gasteiger partial charge in [0.05, 0.1) is 5.92 Å². The third kappa shape index (κ3) is 5.58. The van der Waals surface area contributed by atoms with E-state index in [1.54, 1.807) is 0 Å². The van der Waals surface area contributed by atoms with Gasteiger partial charge in [0.2, 0.25) is 0 Å². The normalized spacial score (nSPS) is 18.4. The van der Waals surface area contributed by atoms with Crippen LogP contribution in [0.4, 0.5) is 0 Å². The minimum Gasteiger partial charge on any atom is -0.461 e. The van der Waals surface area contributed by atoms with Gasteiger partial charge in [-0.1, -0.05) is 91.0 Å². The predicted molar refractivity (Wildman–Crippen MR) is 119 cm³/mol.